The van der Waals surface area contributed by atoms with Crippen LogP contribution in [0.2, 0.25) is 0 Å². The van der Waals surface area contributed by atoms with E-state index in [1.54, 1.807) is 37.4 Å². The first-order valence-electron chi connectivity index (χ1n) is 15.9. The summed E-state index contributed by atoms with van der Waals surface area (Å²) in [5, 5.41) is 9.53. The number of ether oxygens (including phenoxy) is 3. The smallest absolute Gasteiger partial charge is 0.240 e. The molecular formula is C37H42N2O6S. The molecule has 4 aromatic rings. The molecule has 46 heavy (non-hydrogen) atoms. The molecule has 2 aliphatic heterocycles. The molecule has 4 atom stereocenters. The molecule has 8 nitrogen and oxygen atoms in total. The third-order valence-electron chi connectivity index (χ3n) is 8.87. The highest BCUT2D eigenvalue weighted by molar-refractivity contribution is 7.89. The Labute approximate surface area is 272 Å². The third kappa shape index (κ3) is 7.93. The van der Waals surface area contributed by atoms with E-state index in [-0.39, 0.29) is 30.3 Å². The molecule has 0 bridgehead atoms. The number of likely N-dealkylation sites (tertiary alicyclic amines) is 1. The zero-order chi connectivity index (χ0) is 31.9. The van der Waals surface area contributed by atoms with Crippen LogP contribution in [0, 0.1) is 0 Å². The molecule has 0 amide bonds. The van der Waals surface area contributed by atoms with Gasteiger partial charge in [-0.2, -0.15) is 0 Å². The van der Waals surface area contributed by atoms with Crippen molar-refractivity contribution < 1.29 is 27.7 Å². The third-order valence-corrected chi connectivity index (χ3v) is 10.3. The summed E-state index contributed by atoms with van der Waals surface area (Å²) in [6.45, 7) is 2.78. The SMILES string of the molecule is COCC1CCCN1CC1CC(c2ccc(CO)cc2)OC(c2ccc(-c3cccc(CNS(=O)(=O)c4ccccc4)c3)cc2)O1. The van der Waals surface area contributed by atoms with E-state index >= 15 is 0 Å². The number of methoxy groups -OCH3 is 1. The lowest BCUT2D eigenvalue weighted by atomic mass is 9.99. The molecule has 2 saturated heterocycles. The molecule has 9 heteroatoms. The molecule has 0 aromatic heterocycles. The number of hydrogen-bond donors (Lipinski definition) is 2. The molecule has 2 heterocycles. The topological polar surface area (TPSA) is 97.3 Å². The summed E-state index contributed by atoms with van der Waals surface area (Å²) in [5.41, 5.74) is 5.75. The van der Waals surface area contributed by atoms with E-state index in [9.17, 15) is 13.5 Å². The minimum absolute atomic E-state index is 0.00850. The van der Waals surface area contributed by atoms with Crippen molar-refractivity contribution in [3.05, 3.63) is 125 Å². The maximum Gasteiger partial charge on any atom is 0.240 e. The number of sulfonamides is 1. The monoisotopic (exact) mass is 642 g/mol. The summed E-state index contributed by atoms with van der Waals surface area (Å²) in [5.74, 6) is 0. The second-order valence-electron chi connectivity index (χ2n) is 12.1. The van der Waals surface area contributed by atoms with Crippen molar-refractivity contribution in [3.8, 4) is 11.1 Å². The van der Waals surface area contributed by atoms with Crippen LogP contribution in [0.15, 0.2) is 108 Å². The molecule has 0 radical (unpaired) electrons. The number of aliphatic hydroxyl groups is 1. The Balaban J connectivity index is 1.17. The van der Waals surface area contributed by atoms with Crippen LogP contribution in [-0.4, -0.2) is 57.4 Å². The van der Waals surface area contributed by atoms with Crippen LogP contribution in [0.1, 0.15) is 53.9 Å². The fraction of sp³-hybridized carbons (Fsp3) is 0.351. The van der Waals surface area contributed by atoms with Gasteiger partial charge in [-0.1, -0.05) is 84.9 Å². The van der Waals surface area contributed by atoms with Gasteiger partial charge in [0.25, 0.3) is 0 Å². The first kappa shape index (κ1) is 32.5. The summed E-state index contributed by atoms with van der Waals surface area (Å²) >= 11 is 0. The fourth-order valence-corrected chi connectivity index (χ4v) is 7.40. The standard InChI is InChI=1S/C37H42N2O6S/c1-43-26-33-9-6-20-39(33)24-34-22-36(30-14-12-27(25-40)13-15-30)45-37(44-34)31-18-16-29(17-19-31)32-8-5-7-28(21-32)23-38-46(41,42)35-10-3-2-4-11-35/h2-5,7-8,10-19,21,33-34,36-38,40H,6,9,20,22-26H2,1H3. The molecule has 2 N–H and O–H groups in total. The maximum absolute atomic E-state index is 12.7. The molecule has 2 fully saturated rings. The van der Waals surface area contributed by atoms with Gasteiger partial charge in [0, 0.05) is 38.2 Å². The van der Waals surface area contributed by atoms with Gasteiger partial charge in [0.05, 0.1) is 30.3 Å². The van der Waals surface area contributed by atoms with E-state index in [2.05, 4.69) is 21.8 Å². The van der Waals surface area contributed by atoms with Crippen molar-refractivity contribution in [2.75, 3.05) is 26.8 Å². The van der Waals surface area contributed by atoms with Gasteiger partial charge in [0.2, 0.25) is 10.0 Å². The molecule has 0 saturated carbocycles. The van der Waals surface area contributed by atoms with Gasteiger partial charge < -0.3 is 19.3 Å². The molecule has 6 rings (SSSR count). The minimum Gasteiger partial charge on any atom is -0.392 e. The van der Waals surface area contributed by atoms with Gasteiger partial charge >= 0.3 is 0 Å². The van der Waals surface area contributed by atoms with Crippen molar-refractivity contribution >= 4 is 10.0 Å². The van der Waals surface area contributed by atoms with E-state index in [0.29, 0.717) is 6.04 Å². The molecular weight excluding hydrogens is 600 g/mol. The van der Waals surface area contributed by atoms with Crippen molar-refractivity contribution in [1.82, 2.24) is 9.62 Å². The van der Waals surface area contributed by atoms with Crippen LogP contribution in [0.4, 0.5) is 0 Å². The minimum atomic E-state index is -3.60. The van der Waals surface area contributed by atoms with E-state index in [1.165, 1.54) is 0 Å². The summed E-state index contributed by atoms with van der Waals surface area (Å²) < 4.78 is 46.8. The second-order valence-corrected chi connectivity index (χ2v) is 13.8. The predicted octanol–water partition coefficient (Wildman–Crippen LogP) is 5.98. The number of rotatable bonds is 12. The Morgan fingerprint density at radius 1 is 0.870 bits per heavy atom. The number of nitrogens with one attached hydrogen (secondary N) is 1. The van der Waals surface area contributed by atoms with Crippen LogP contribution >= 0.6 is 0 Å². The van der Waals surface area contributed by atoms with Gasteiger partial charge in [0.1, 0.15) is 0 Å². The maximum atomic E-state index is 12.7. The average molecular weight is 643 g/mol. The lowest BCUT2D eigenvalue weighted by Gasteiger charge is -2.38. The molecule has 0 spiro atoms. The van der Waals surface area contributed by atoms with Crippen LogP contribution in [0.5, 0.6) is 0 Å². The lowest BCUT2D eigenvalue weighted by Crippen LogP contribution is -2.42. The van der Waals surface area contributed by atoms with Crippen molar-refractivity contribution in [3.63, 3.8) is 0 Å². The normalized spacial score (nSPS) is 22.2. The lowest BCUT2D eigenvalue weighted by molar-refractivity contribution is -0.253. The van der Waals surface area contributed by atoms with Crippen molar-refractivity contribution in [2.45, 2.75) is 61.8 Å². The number of aliphatic hydroxyl groups excluding tert-OH is 1. The second kappa shape index (κ2) is 15.0. The van der Waals surface area contributed by atoms with Crippen molar-refractivity contribution in [2.24, 2.45) is 0 Å². The number of hydrogen-bond acceptors (Lipinski definition) is 7. The molecule has 4 unspecified atom stereocenters. The summed E-state index contributed by atoms with van der Waals surface area (Å²) in [4.78, 5) is 2.73. The summed E-state index contributed by atoms with van der Waals surface area (Å²) in [6.07, 6.45) is 2.34. The highest BCUT2D eigenvalue weighted by atomic mass is 32.2. The molecule has 242 valence electrons. The van der Waals surface area contributed by atoms with E-state index in [4.69, 9.17) is 14.2 Å². The van der Waals surface area contributed by atoms with Gasteiger partial charge in [-0.25, -0.2) is 13.1 Å². The Hall–Kier alpha value is -3.41. The van der Waals surface area contributed by atoms with E-state index in [1.807, 2.05) is 60.7 Å². The highest BCUT2D eigenvalue weighted by Gasteiger charge is 2.35. The molecule has 2 aliphatic rings. The summed E-state index contributed by atoms with van der Waals surface area (Å²) in [6, 6.07) is 32.8. The highest BCUT2D eigenvalue weighted by Crippen LogP contribution is 2.39. The zero-order valence-corrected chi connectivity index (χ0v) is 26.9. The molecule has 0 aliphatic carbocycles. The molecule has 4 aromatic carbocycles. The number of nitrogens with zero attached hydrogens (tertiary/aromatic N) is 1. The van der Waals surface area contributed by atoms with Gasteiger partial charge in [-0.15, -0.1) is 0 Å². The van der Waals surface area contributed by atoms with Gasteiger partial charge in [-0.3, -0.25) is 4.90 Å². The Morgan fingerprint density at radius 3 is 2.37 bits per heavy atom. The predicted molar refractivity (Wildman–Crippen MR) is 177 cm³/mol. The number of benzene rings is 4. The fourth-order valence-electron chi connectivity index (χ4n) is 6.37. The van der Waals surface area contributed by atoms with Crippen LogP contribution in [0.25, 0.3) is 11.1 Å². The largest absolute Gasteiger partial charge is 0.392 e. The zero-order valence-electron chi connectivity index (χ0n) is 26.1. The average Bonchev–Trinajstić information content (AvgIpc) is 3.54. The quantitative estimate of drug-likeness (QED) is 0.196. The Morgan fingerprint density at radius 2 is 1.63 bits per heavy atom. The van der Waals surface area contributed by atoms with Gasteiger partial charge in [-0.05, 0) is 65.4 Å². The first-order valence-corrected chi connectivity index (χ1v) is 17.4. The van der Waals surface area contributed by atoms with E-state index < -0.39 is 16.3 Å². The van der Waals surface area contributed by atoms with Crippen LogP contribution in [0.3, 0.4) is 0 Å². The van der Waals surface area contributed by atoms with E-state index in [0.717, 1.165) is 72.3 Å². The Kier molecular flexibility index (Phi) is 10.6. The Bertz CT molecular complexity index is 1660. The van der Waals surface area contributed by atoms with Gasteiger partial charge in [0.15, 0.2) is 6.29 Å². The summed E-state index contributed by atoms with van der Waals surface area (Å²) in [7, 11) is -1.84. The van der Waals surface area contributed by atoms with Crippen LogP contribution < -0.4 is 4.72 Å². The van der Waals surface area contributed by atoms with Crippen LogP contribution in [-0.2, 0) is 37.4 Å². The first-order chi connectivity index (χ1) is 22.4. The van der Waals surface area contributed by atoms with Crippen molar-refractivity contribution in [1.29, 1.82) is 0 Å².